The molecule has 130 valence electrons. The summed E-state index contributed by atoms with van der Waals surface area (Å²) in [6, 6.07) is 11.0. The lowest BCUT2D eigenvalue weighted by Crippen LogP contribution is -2.41. The van der Waals surface area contributed by atoms with E-state index < -0.39 is 10.0 Å². The lowest BCUT2D eigenvalue weighted by atomic mass is 9.96. The number of nitrogens with one attached hydrogen (secondary N) is 1. The highest BCUT2D eigenvalue weighted by Crippen LogP contribution is 2.30. The first-order valence-electron chi connectivity index (χ1n) is 8.44. The van der Waals surface area contributed by atoms with Gasteiger partial charge in [0.25, 0.3) is 10.0 Å². The van der Waals surface area contributed by atoms with Gasteiger partial charge in [0.05, 0.1) is 5.69 Å². The largest absolute Gasteiger partial charge is 0.342 e. The number of nitrogens with zero attached hydrogens (tertiary/aromatic N) is 3. The maximum absolute atomic E-state index is 12.5. The lowest BCUT2D eigenvalue weighted by Gasteiger charge is -2.34. The number of aromatic nitrogens is 1. The van der Waals surface area contributed by atoms with Crippen LogP contribution in [-0.4, -0.2) is 37.2 Å². The van der Waals surface area contributed by atoms with E-state index in [0.717, 1.165) is 32.5 Å². The third-order valence-electron chi connectivity index (χ3n) is 4.69. The first-order valence-corrected chi connectivity index (χ1v) is 9.88. The highest BCUT2D eigenvalue weighted by molar-refractivity contribution is 7.90. The van der Waals surface area contributed by atoms with Gasteiger partial charge in [0, 0.05) is 31.4 Å². The molecule has 1 atom stereocenters. The van der Waals surface area contributed by atoms with E-state index in [-0.39, 0.29) is 10.8 Å². The van der Waals surface area contributed by atoms with Crippen molar-refractivity contribution in [2.75, 3.05) is 18.4 Å². The molecule has 1 aromatic carbocycles. The molecule has 6 nitrogen and oxygen atoms in total. The molecule has 2 aliphatic heterocycles. The number of fused-ring (bicyclic) bond motifs is 1. The fourth-order valence-electron chi connectivity index (χ4n) is 3.48. The predicted molar refractivity (Wildman–Crippen MR) is 96.9 cm³/mol. The molecule has 7 heteroatoms. The van der Waals surface area contributed by atoms with Crippen LogP contribution in [0.4, 0.5) is 5.69 Å². The van der Waals surface area contributed by atoms with Crippen molar-refractivity contribution in [2.45, 2.75) is 24.3 Å². The van der Waals surface area contributed by atoms with Crippen molar-refractivity contribution in [1.82, 2.24) is 9.88 Å². The highest BCUT2D eigenvalue weighted by atomic mass is 32.2. The number of amidine groups is 1. The van der Waals surface area contributed by atoms with Gasteiger partial charge in [0.2, 0.25) is 0 Å². The molecule has 25 heavy (non-hydrogen) atoms. The predicted octanol–water partition coefficient (Wildman–Crippen LogP) is 2.51. The summed E-state index contributed by atoms with van der Waals surface area (Å²) < 4.78 is 29.0. The molecule has 2 aliphatic rings. The van der Waals surface area contributed by atoms with Crippen molar-refractivity contribution in [2.24, 2.45) is 10.3 Å². The second kappa shape index (κ2) is 6.57. The Morgan fingerprint density at radius 3 is 2.80 bits per heavy atom. The molecule has 1 fully saturated rings. The molecule has 0 unspecified atom stereocenters. The molecule has 1 aromatic heterocycles. The SMILES string of the molecule is O=S1(=O)N=C([C@@H]2CCCN(Cc3ccncc3)C2)Nc2ccccc21. The molecule has 0 spiro atoms. The van der Waals surface area contributed by atoms with Crippen molar-refractivity contribution >= 4 is 21.5 Å². The van der Waals surface area contributed by atoms with Gasteiger partial charge in [-0.25, -0.2) is 0 Å². The average molecular weight is 356 g/mol. The lowest BCUT2D eigenvalue weighted by molar-refractivity contribution is 0.196. The van der Waals surface area contributed by atoms with E-state index in [0.29, 0.717) is 11.5 Å². The Bertz CT molecular complexity index is 896. The van der Waals surface area contributed by atoms with Gasteiger partial charge in [-0.2, -0.15) is 8.42 Å². The number of para-hydroxylation sites is 1. The fourth-order valence-corrected chi connectivity index (χ4v) is 4.68. The first-order chi connectivity index (χ1) is 12.1. The van der Waals surface area contributed by atoms with Gasteiger partial charge in [-0.15, -0.1) is 4.40 Å². The molecule has 0 saturated carbocycles. The van der Waals surface area contributed by atoms with E-state index in [1.165, 1.54) is 5.56 Å². The van der Waals surface area contributed by atoms with Crippen LogP contribution in [-0.2, 0) is 16.6 Å². The quantitative estimate of drug-likeness (QED) is 0.915. The minimum absolute atomic E-state index is 0.0960. The number of likely N-dealkylation sites (tertiary alicyclic amines) is 1. The summed E-state index contributed by atoms with van der Waals surface area (Å²) in [7, 11) is -3.62. The normalized spacial score (nSPS) is 22.6. The Balaban J connectivity index is 1.53. The topological polar surface area (TPSA) is 74.7 Å². The molecular weight excluding hydrogens is 336 g/mol. The van der Waals surface area contributed by atoms with Gasteiger partial charge in [0.1, 0.15) is 10.7 Å². The Morgan fingerprint density at radius 1 is 1.16 bits per heavy atom. The third-order valence-corrected chi connectivity index (χ3v) is 6.04. The minimum atomic E-state index is -3.62. The number of benzene rings is 1. The van der Waals surface area contributed by atoms with E-state index >= 15 is 0 Å². The van der Waals surface area contributed by atoms with Crippen molar-refractivity contribution in [3.63, 3.8) is 0 Å². The standard InChI is InChI=1S/C18H20N4O2S/c23-25(24)17-6-2-1-5-16(17)20-18(21-25)15-4-3-11-22(13-15)12-14-7-9-19-10-8-14/h1-2,5-10,15H,3-4,11-13H2,(H,20,21)/t15-/m1/s1. The van der Waals surface area contributed by atoms with E-state index in [1.54, 1.807) is 30.6 Å². The average Bonchev–Trinajstić information content (AvgIpc) is 2.62. The zero-order valence-electron chi connectivity index (χ0n) is 13.8. The van der Waals surface area contributed by atoms with Gasteiger partial charge in [-0.1, -0.05) is 12.1 Å². The fraction of sp³-hybridized carbons (Fsp3) is 0.333. The molecule has 0 radical (unpaired) electrons. The maximum Gasteiger partial charge on any atom is 0.286 e. The number of hydrogen-bond donors (Lipinski definition) is 1. The summed E-state index contributed by atoms with van der Waals surface area (Å²) in [6.45, 7) is 2.65. The van der Waals surface area contributed by atoms with E-state index in [1.807, 2.05) is 18.2 Å². The van der Waals surface area contributed by atoms with E-state index in [2.05, 4.69) is 19.6 Å². The van der Waals surface area contributed by atoms with Crippen LogP contribution in [0.3, 0.4) is 0 Å². The maximum atomic E-state index is 12.5. The van der Waals surface area contributed by atoms with Gasteiger partial charge < -0.3 is 5.32 Å². The number of rotatable bonds is 3. The van der Waals surface area contributed by atoms with Crippen LogP contribution in [0, 0.1) is 5.92 Å². The summed E-state index contributed by atoms with van der Waals surface area (Å²) in [5.74, 6) is 0.664. The first kappa shape index (κ1) is 16.2. The summed E-state index contributed by atoms with van der Waals surface area (Å²) >= 11 is 0. The van der Waals surface area contributed by atoms with Crippen LogP contribution in [0.15, 0.2) is 58.1 Å². The minimum Gasteiger partial charge on any atom is -0.342 e. The number of piperidine rings is 1. The van der Waals surface area contributed by atoms with Gasteiger partial charge in [-0.05, 0) is 49.2 Å². The molecule has 3 heterocycles. The second-order valence-electron chi connectivity index (χ2n) is 6.50. The zero-order valence-corrected chi connectivity index (χ0v) is 14.6. The molecule has 4 rings (SSSR count). The third kappa shape index (κ3) is 3.43. The molecule has 1 N–H and O–H groups in total. The summed E-state index contributed by atoms with van der Waals surface area (Å²) in [5, 5.41) is 3.24. The Labute approximate surface area is 147 Å². The monoisotopic (exact) mass is 356 g/mol. The molecule has 2 aromatic rings. The van der Waals surface area contributed by atoms with Crippen LogP contribution in [0.2, 0.25) is 0 Å². The molecule has 0 aliphatic carbocycles. The number of pyridine rings is 1. The molecule has 0 amide bonds. The van der Waals surface area contributed by atoms with Gasteiger partial charge in [-0.3, -0.25) is 9.88 Å². The summed E-state index contributed by atoms with van der Waals surface area (Å²) in [5.41, 5.74) is 1.84. The van der Waals surface area contributed by atoms with E-state index in [9.17, 15) is 8.42 Å². The number of anilines is 1. The second-order valence-corrected chi connectivity index (χ2v) is 8.08. The Kier molecular flexibility index (Phi) is 4.27. The Morgan fingerprint density at radius 2 is 1.96 bits per heavy atom. The smallest absolute Gasteiger partial charge is 0.286 e. The Hall–Kier alpha value is -2.25. The molecular formula is C18H20N4O2S. The molecule has 1 saturated heterocycles. The van der Waals surface area contributed by atoms with Crippen LogP contribution in [0.25, 0.3) is 0 Å². The highest BCUT2D eigenvalue weighted by Gasteiger charge is 2.31. The van der Waals surface area contributed by atoms with E-state index in [4.69, 9.17) is 0 Å². The van der Waals surface area contributed by atoms with Crippen molar-refractivity contribution in [1.29, 1.82) is 0 Å². The van der Waals surface area contributed by atoms with Gasteiger partial charge in [0.15, 0.2) is 0 Å². The number of hydrogen-bond acceptors (Lipinski definition) is 5. The van der Waals surface area contributed by atoms with Crippen molar-refractivity contribution in [3.05, 3.63) is 54.4 Å². The van der Waals surface area contributed by atoms with Crippen LogP contribution in [0.1, 0.15) is 18.4 Å². The van der Waals surface area contributed by atoms with Crippen LogP contribution < -0.4 is 5.32 Å². The van der Waals surface area contributed by atoms with Crippen molar-refractivity contribution in [3.8, 4) is 0 Å². The summed E-state index contributed by atoms with van der Waals surface area (Å²) in [4.78, 5) is 6.65. The van der Waals surface area contributed by atoms with Crippen LogP contribution >= 0.6 is 0 Å². The molecule has 0 bridgehead atoms. The summed E-state index contributed by atoms with van der Waals surface area (Å²) in [6.07, 6.45) is 5.56. The van der Waals surface area contributed by atoms with Gasteiger partial charge >= 0.3 is 0 Å². The van der Waals surface area contributed by atoms with Crippen molar-refractivity contribution < 1.29 is 8.42 Å². The number of sulfonamides is 1. The zero-order chi connectivity index (χ0) is 17.3. The van der Waals surface area contributed by atoms with Crippen LogP contribution in [0.5, 0.6) is 0 Å².